The lowest BCUT2D eigenvalue weighted by Gasteiger charge is -2.40. The van der Waals surface area contributed by atoms with Crippen LogP contribution in [0.4, 0.5) is 29.3 Å². The van der Waals surface area contributed by atoms with Gasteiger partial charge in [0.1, 0.15) is 0 Å². The number of likely N-dealkylation sites (tertiary alicyclic amines) is 1. The standard InChI is InChI=1S/C37H47ClF3N5O5/c38-30-22-25(21-29(34(30)42)37(39,40)41)23-32(35(48)45-14-12-27(13-15-45)44-17-19-50-20-18-44)51-33(47)10-7-24-5-8-28(9-6-24)46-16-11-26-3-1-2-4-31(26)43-36(46)49/h1-4,21-22,24,27-28,32H,5-20,23,42H2,(H,43,49)/t24?,28?,32-/m1/s1. The van der Waals surface area contributed by atoms with Gasteiger partial charge in [-0.15, -0.1) is 0 Å². The monoisotopic (exact) mass is 733 g/mol. The highest BCUT2D eigenvalue weighted by Gasteiger charge is 2.37. The topological polar surface area (TPSA) is 117 Å². The first-order valence-electron chi connectivity index (χ1n) is 18.1. The molecule has 3 amide bonds. The van der Waals surface area contributed by atoms with E-state index in [1.54, 1.807) is 4.90 Å². The largest absolute Gasteiger partial charge is 0.452 e. The second-order valence-electron chi connectivity index (χ2n) is 14.2. The lowest BCUT2D eigenvalue weighted by Crippen LogP contribution is -2.52. The van der Waals surface area contributed by atoms with Crippen molar-refractivity contribution < 1.29 is 37.0 Å². The Bertz CT molecular complexity index is 1560. The number of nitrogens with one attached hydrogen (secondary N) is 1. The van der Waals surface area contributed by atoms with E-state index in [0.29, 0.717) is 45.3 Å². The van der Waals surface area contributed by atoms with Gasteiger partial charge in [0.05, 0.1) is 29.5 Å². The van der Waals surface area contributed by atoms with Gasteiger partial charge in [0, 0.05) is 63.3 Å². The minimum atomic E-state index is -4.75. The number of benzene rings is 2. The fourth-order valence-corrected chi connectivity index (χ4v) is 8.28. The van der Waals surface area contributed by atoms with Crippen molar-refractivity contribution in [2.75, 3.05) is 57.0 Å². The van der Waals surface area contributed by atoms with Gasteiger partial charge in [0.2, 0.25) is 0 Å². The molecule has 0 unspecified atom stereocenters. The van der Waals surface area contributed by atoms with E-state index in [9.17, 15) is 27.6 Å². The molecule has 10 nitrogen and oxygen atoms in total. The first-order valence-corrected chi connectivity index (χ1v) is 18.4. The summed E-state index contributed by atoms with van der Waals surface area (Å²) in [6.45, 7) is 4.57. The van der Waals surface area contributed by atoms with Crippen LogP contribution in [0.15, 0.2) is 36.4 Å². The van der Waals surface area contributed by atoms with Gasteiger partial charge in [0.25, 0.3) is 5.91 Å². The van der Waals surface area contributed by atoms with E-state index in [4.69, 9.17) is 26.8 Å². The summed E-state index contributed by atoms with van der Waals surface area (Å²) in [7, 11) is 0. The number of carbonyl (C=O) groups is 3. The smallest absolute Gasteiger partial charge is 0.418 e. The molecule has 0 bridgehead atoms. The van der Waals surface area contributed by atoms with E-state index in [1.807, 2.05) is 29.2 Å². The molecule has 0 radical (unpaired) electrons. The predicted octanol–water partition coefficient (Wildman–Crippen LogP) is 6.15. The number of halogens is 4. The molecular weight excluding hydrogens is 687 g/mol. The van der Waals surface area contributed by atoms with Crippen LogP contribution in [-0.4, -0.2) is 96.7 Å². The fourth-order valence-electron chi connectivity index (χ4n) is 8.04. The Balaban J connectivity index is 1.05. The molecule has 1 aliphatic carbocycles. The number of anilines is 2. The summed E-state index contributed by atoms with van der Waals surface area (Å²) < 4.78 is 52.6. The number of nitrogens with zero attached hydrogens (tertiary/aromatic N) is 3. The van der Waals surface area contributed by atoms with Crippen molar-refractivity contribution >= 4 is 40.9 Å². The lowest BCUT2D eigenvalue weighted by molar-refractivity contribution is -0.161. The van der Waals surface area contributed by atoms with Gasteiger partial charge in [-0.3, -0.25) is 14.5 Å². The molecule has 278 valence electrons. The summed E-state index contributed by atoms with van der Waals surface area (Å²) in [4.78, 5) is 46.1. The number of amides is 3. The molecular formula is C37H47ClF3N5O5. The third-order valence-corrected chi connectivity index (χ3v) is 11.3. The van der Waals surface area contributed by atoms with Crippen molar-refractivity contribution in [3.63, 3.8) is 0 Å². The van der Waals surface area contributed by atoms with Crippen LogP contribution in [0.3, 0.4) is 0 Å². The minimum Gasteiger partial charge on any atom is -0.452 e. The third kappa shape index (κ3) is 9.28. The Labute approximate surface area is 301 Å². The summed E-state index contributed by atoms with van der Waals surface area (Å²) in [6, 6.07) is 10.4. The fraction of sp³-hybridized carbons (Fsp3) is 0.595. The van der Waals surface area contributed by atoms with Gasteiger partial charge in [0.15, 0.2) is 6.10 Å². The quantitative estimate of drug-likeness (QED) is 0.235. The number of alkyl halides is 3. The van der Waals surface area contributed by atoms with Gasteiger partial charge in [-0.05, 0) is 86.6 Å². The molecule has 3 heterocycles. The van der Waals surface area contributed by atoms with Crippen molar-refractivity contribution in [3.8, 4) is 0 Å². The van der Waals surface area contributed by atoms with Crippen LogP contribution in [0.5, 0.6) is 0 Å². The molecule has 0 spiro atoms. The van der Waals surface area contributed by atoms with Crippen LogP contribution in [-0.2, 0) is 38.1 Å². The van der Waals surface area contributed by atoms with E-state index >= 15 is 0 Å². The highest BCUT2D eigenvalue weighted by atomic mass is 35.5. The maximum atomic E-state index is 13.9. The molecule has 51 heavy (non-hydrogen) atoms. The molecule has 3 aliphatic heterocycles. The number of nitrogen functional groups attached to an aromatic ring is 1. The van der Waals surface area contributed by atoms with Crippen LogP contribution in [0.25, 0.3) is 0 Å². The summed E-state index contributed by atoms with van der Waals surface area (Å²) in [6.07, 6.45) is -0.0686. The van der Waals surface area contributed by atoms with E-state index in [0.717, 1.165) is 75.4 Å². The van der Waals surface area contributed by atoms with Crippen LogP contribution in [0.1, 0.15) is 68.1 Å². The molecule has 1 atom stereocenters. The molecule has 2 aromatic rings. The number of para-hydroxylation sites is 1. The SMILES string of the molecule is Nc1c(Cl)cc(C[C@@H](OC(=O)CCC2CCC(N3CCc4ccccc4NC3=O)CC2)C(=O)N2CCC(N3CCOCC3)CC2)cc1C(F)(F)F. The van der Waals surface area contributed by atoms with Gasteiger partial charge >= 0.3 is 18.2 Å². The molecule has 1 saturated carbocycles. The summed E-state index contributed by atoms with van der Waals surface area (Å²) >= 11 is 6.10. The molecule has 0 aromatic heterocycles. The van der Waals surface area contributed by atoms with Crippen molar-refractivity contribution in [3.05, 3.63) is 58.1 Å². The first kappa shape index (κ1) is 37.2. The van der Waals surface area contributed by atoms with Crippen LogP contribution in [0, 0.1) is 5.92 Å². The number of morpholine rings is 1. The summed E-state index contributed by atoms with van der Waals surface area (Å²) in [5.74, 6) is -0.746. The van der Waals surface area contributed by atoms with Crippen molar-refractivity contribution in [2.45, 2.75) is 88.6 Å². The van der Waals surface area contributed by atoms with E-state index in [1.165, 1.54) is 6.07 Å². The Kier molecular flexibility index (Phi) is 12.0. The van der Waals surface area contributed by atoms with Crippen molar-refractivity contribution in [2.24, 2.45) is 5.92 Å². The number of hydrogen-bond donors (Lipinski definition) is 2. The molecule has 3 N–H and O–H groups in total. The molecule has 6 rings (SSSR count). The Morgan fingerprint density at radius 2 is 1.69 bits per heavy atom. The molecule has 14 heteroatoms. The number of esters is 1. The lowest BCUT2D eigenvalue weighted by atomic mass is 9.83. The number of carbonyl (C=O) groups excluding carboxylic acids is 3. The third-order valence-electron chi connectivity index (χ3n) is 11.0. The number of rotatable bonds is 9. The van der Waals surface area contributed by atoms with E-state index < -0.39 is 35.4 Å². The Morgan fingerprint density at radius 1 is 0.980 bits per heavy atom. The van der Waals surface area contributed by atoms with Gasteiger partial charge < -0.3 is 30.3 Å². The number of nitrogens with two attached hydrogens (primary N) is 1. The number of fused-ring (bicyclic) bond motifs is 1. The maximum absolute atomic E-state index is 13.9. The number of urea groups is 1. The molecule has 3 fully saturated rings. The number of piperidine rings is 1. The molecule has 2 saturated heterocycles. The van der Waals surface area contributed by atoms with E-state index in [2.05, 4.69) is 10.2 Å². The second kappa shape index (κ2) is 16.4. The average molecular weight is 734 g/mol. The summed E-state index contributed by atoms with van der Waals surface area (Å²) in [5.41, 5.74) is 6.05. The average Bonchev–Trinajstić information content (AvgIpc) is 3.29. The zero-order valence-electron chi connectivity index (χ0n) is 28.8. The van der Waals surface area contributed by atoms with Gasteiger partial charge in [-0.1, -0.05) is 29.8 Å². The predicted molar refractivity (Wildman–Crippen MR) is 187 cm³/mol. The number of ether oxygens (including phenoxy) is 2. The maximum Gasteiger partial charge on any atom is 0.418 e. The van der Waals surface area contributed by atoms with Crippen molar-refractivity contribution in [1.82, 2.24) is 14.7 Å². The van der Waals surface area contributed by atoms with Crippen LogP contribution < -0.4 is 11.1 Å². The van der Waals surface area contributed by atoms with Crippen LogP contribution in [0.2, 0.25) is 5.02 Å². The number of hydrogen-bond acceptors (Lipinski definition) is 7. The zero-order valence-corrected chi connectivity index (χ0v) is 29.5. The van der Waals surface area contributed by atoms with E-state index in [-0.39, 0.29) is 41.4 Å². The highest BCUT2D eigenvalue weighted by molar-refractivity contribution is 6.33. The van der Waals surface area contributed by atoms with Crippen molar-refractivity contribution in [1.29, 1.82) is 0 Å². The van der Waals surface area contributed by atoms with Gasteiger partial charge in [-0.25, -0.2) is 4.79 Å². The highest BCUT2D eigenvalue weighted by Crippen LogP contribution is 2.38. The minimum absolute atomic E-state index is 0.0774. The second-order valence-corrected chi connectivity index (χ2v) is 14.6. The van der Waals surface area contributed by atoms with Gasteiger partial charge in [-0.2, -0.15) is 13.2 Å². The first-order chi connectivity index (χ1) is 24.5. The Hall–Kier alpha value is -3.55. The molecule has 2 aromatic carbocycles. The zero-order chi connectivity index (χ0) is 36.1. The normalized spacial score (nSPS) is 22.9. The summed E-state index contributed by atoms with van der Waals surface area (Å²) in [5, 5.41) is 2.76. The van der Waals surface area contributed by atoms with Crippen LogP contribution >= 0.6 is 11.6 Å². The molecule has 4 aliphatic rings. The Morgan fingerprint density at radius 3 is 2.39 bits per heavy atom.